The Bertz CT molecular complexity index is 1250. The number of likely N-dealkylation sites (tertiary alicyclic amines) is 1. The van der Waals surface area contributed by atoms with E-state index in [1.165, 1.54) is 0 Å². The Balaban J connectivity index is 1.39. The highest BCUT2D eigenvalue weighted by Gasteiger charge is 2.47. The molecule has 228 valence electrons. The molecule has 2 aromatic carbocycles. The van der Waals surface area contributed by atoms with Gasteiger partial charge in [0.2, 0.25) is 19.5 Å². The zero-order valence-electron chi connectivity index (χ0n) is 24.9. The van der Waals surface area contributed by atoms with Gasteiger partial charge in [0.25, 0.3) is 0 Å². The molecule has 0 aromatic heterocycles. The molecule has 5 rings (SSSR count). The molecular weight excluding hydrogens is 538 g/mol. The average molecular weight is 582 g/mol. The van der Waals surface area contributed by atoms with Gasteiger partial charge in [-0.05, 0) is 75.6 Å². The summed E-state index contributed by atoms with van der Waals surface area (Å²) in [5.41, 5.74) is 1.87. The van der Waals surface area contributed by atoms with Crippen molar-refractivity contribution in [2.75, 3.05) is 60.4 Å². The molecule has 10 heteroatoms. The van der Waals surface area contributed by atoms with Gasteiger partial charge in [0.05, 0.1) is 12.5 Å². The van der Waals surface area contributed by atoms with Gasteiger partial charge in [-0.2, -0.15) is 0 Å². The minimum absolute atomic E-state index is 0.0556. The van der Waals surface area contributed by atoms with Crippen LogP contribution in [0, 0.1) is 5.92 Å². The first-order chi connectivity index (χ1) is 20.4. The standard InChI is InChI=1S/C32H43N3O7/c1-4-5-15-34(16-7-14-33(2)3)29(36)19-35-18-24(23-11-13-26-28(17-23)41-20-39-26)30(32(37)38)25(35)12-10-22-8-6-9-27-31(22)42-21-40-27/h6,8-9,11,13,17,24-25,30H,4-5,7,10,12,14-16,18-21H2,1-3H3,(H,37,38)/t24-,25+,30-/m1/s1. The fraction of sp³-hybridized carbons (Fsp3) is 0.562. The normalized spacial score (nSPS) is 20.8. The van der Waals surface area contributed by atoms with Gasteiger partial charge in [-0.3, -0.25) is 14.5 Å². The molecule has 0 radical (unpaired) electrons. The van der Waals surface area contributed by atoms with E-state index in [0.717, 1.165) is 42.7 Å². The molecule has 0 unspecified atom stereocenters. The number of unbranched alkanes of at least 4 members (excludes halogenated alkanes) is 1. The van der Waals surface area contributed by atoms with E-state index in [0.29, 0.717) is 49.7 Å². The predicted molar refractivity (Wildman–Crippen MR) is 157 cm³/mol. The van der Waals surface area contributed by atoms with E-state index in [1.807, 2.05) is 55.4 Å². The highest BCUT2D eigenvalue weighted by Crippen LogP contribution is 2.44. The van der Waals surface area contributed by atoms with Crippen molar-refractivity contribution >= 4 is 11.9 Å². The van der Waals surface area contributed by atoms with Crippen LogP contribution in [0.2, 0.25) is 0 Å². The zero-order valence-corrected chi connectivity index (χ0v) is 24.9. The predicted octanol–water partition coefficient (Wildman–Crippen LogP) is 3.83. The van der Waals surface area contributed by atoms with Gasteiger partial charge in [-0.15, -0.1) is 0 Å². The summed E-state index contributed by atoms with van der Waals surface area (Å²) in [5, 5.41) is 10.6. The lowest BCUT2D eigenvalue weighted by Crippen LogP contribution is -2.45. The molecule has 0 spiro atoms. The fourth-order valence-corrected chi connectivity index (χ4v) is 6.39. The fourth-order valence-electron chi connectivity index (χ4n) is 6.39. The topological polar surface area (TPSA) is 101 Å². The summed E-state index contributed by atoms with van der Waals surface area (Å²) < 4.78 is 22.4. The first-order valence-electron chi connectivity index (χ1n) is 15.0. The lowest BCUT2D eigenvalue weighted by atomic mass is 9.83. The number of benzene rings is 2. The number of aryl methyl sites for hydroxylation is 1. The maximum absolute atomic E-state index is 13.8. The third-order valence-corrected chi connectivity index (χ3v) is 8.55. The van der Waals surface area contributed by atoms with Gasteiger partial charge in [0, 0.05) is 31.6 Å². The molecule has 0 saturated carbocycles. The number of carboxylic acid groups (broad SMARTS) is 1. The SMILES string of the molecule is CCCCN(CCCN(C)C)C(=O)CN1C[C@H](c2ccc3c(c2)OCO3)[C@@H](C(=O)O)[C@@H]1CCc1cccc2c1OCO2. The van der Waals surface area contributed by atoms with E-state index in [9.17, 15) is 14.7 Å². The van der Waals surface area contributed by atoms with Crippen LogP contribution in [0.4, 0.5) is 0 Å². The molecule has 1 saturated heterocycles. The quantitative estimate of drug-likeness (QED) is 0.357. The first-order valence-corrected chi connectivity index (χ1v) is 15.0. The monoisotopic (exact) mass is 581 g/mol. The number of carbonyl (C=O) groups is 2. The second-order valence-electron chi connectivity index (χ2n) is 11.7. The molecule has 42 heavy (non-hydrogen) atoms. The Kier molecular flexibility index (Phi) is 9.74. The number of para-hydroxylation sites is 1. The minimum Gasteiger partial charge on any atom is -0.481 e. The van der Waals surface area contributed by atoms with Crippen molar-refractivity contribution < 1.29 is 33.6 Å². The summed E-state index contributed by atoms with van der Waals surface area (Å²) in [6.07, 6.45) is 4.02. The summed E-state index contributed by atoms with van der Waals surface area (Å²) in [7, 11) is 4.07. The molecule has 1 fully saturated rings. The summed E-state index contributed by atoms with van der Waals surface area (Å²) in [4.78, 5) is 32.9. The molecule has 1 N–H and O–H groups in total. The molecule has 3 aliphatic heterocycles. The van der Waals surface area contributed by atoms with Crippen molar-refractivity contribution in [3.63, 3.8) is 0 Å². The Hall–Kier alpha value is -3.50. The van der Waals surface area contributed by atoms with Crippen LogP contribution in [0.25, 0.3) is 0 Å². The van der Waals surface area contributed by atoms with Crippen molar-refractivity contribution in [2.45, 2.75) is 51.0 Å². The molecule has 2 aromatic rings. The molecule has 10 nitrogen and oxygen atoms in total. The molecular formula is C32H43N3O7. The van der Waals surface area contributed by atoms with Crippen LogP contribution < -0.4 is 18.9 Å². The van der Waals surface area contributed by atoms with E-state index in [4.69, 9.17) is 18.9 Å². The second-order valence-corrected chi connectivity index (χ2v) is 11.7. The van der Waals surface area contributed by atoms with Gasteiger partial charge in [-0.25, -0.2) is 0 Å². The lowest BCUT2D eigenvalue weighted by molar-refractivity contribution is -0.143. The Morgan fingerprint density at radius 1 is 0.952 bits per heavy atom. The largest absolute Gasteiger partial charge is 0.481 e. The van der Waals surface area contributed by atoms with Crippen LogP contribution >= 0.6 is 0 Å². The van der Waals surface area contributed by atoms with Crippen LogP contribution in [-0.4, -0.2) is 98.1 Å². The maximum atomic E-state index is 13.8. The summed E-state index contributed by atoms with van der Waals surface area (Å²) in [5.74, 6) is 0.943. The highest BCUT2D eigenvalue weighted by molar-refractivity contribution is 5.79. The number of carboxylic acids is 1. The van der Waals surface area contributed by atoms with Crippen LogP contribution in [0.5, 0.6) is 23.0 Å². The van der Waals surface area contributed by atoms with E-state index < -0.39 is 11.9 Å². The van der Waals surface area contributed by atoms with Crippen LogP contribution in [0.3, 0.4) is 0 Å². The molecule has 1 amide bonds. The summed E-state index contributed by atoms with van der Waals surface area (Å²) in [6.45, 7) is 5.43. The Morgan fingerprint density at radius 3 is 2.50 bits per heavy atom. The van der Waals surface area contributed by atoms with Gasteiger partial charge in [0.1, 0.15) is 0 Å². The zero-order chi connectivity index (χ0) is 29.6. The number of nitrogens with zero attached hydrogens (tertiary/aromatic N) is 3. The maximum Gasteiger partial charge on any atom is 0.308 e. The Morgan fingerprint density at radius 2 is 1.71 bits per heavy atom. The molecule has 0 aliphatic carbocycles. The van der Waals surface area contributed by atoms with E-state index >= 15 is 0 Å². The van der Waals surface area contributed by atoms with E-state index in [-0.39, 0.29) is 38.0 Å². The van der Waals surface area contributed by atoms with Crippen molar-refractivity contribution in [2.24, 2.45) is 5.92 Å². The van der Waals surface area contributed by atoms with Gasteiger partial charge in [-0.1, -0.05) is 31.5 Å². The van der Waals surface area contributed by atoms with Gasteiger partial charge in [0.15, 0.2) is 23.0 Å². The van der Waals surface area contributed by atoms with Crippen LogP contribution in [0.1, 0.15) is 49.7 Å². The van der Waals surface area contributed by atoms with E-state index in [2.05, 4.69) is 16.7 Å². The number of amides is 1. The van der Waals surface area contributed by atoms with Gasteiger partial charge >= 0.3 is 5.97 Å². The van der Waals surface area contributed by atoms with Crippen molar-refractivity contribution in [3.05, 3.63) is 47.5 Å². The van der Waals surface area contributed by atoms with Crippen molar-refractivity contribution in [3.8, 4) is 23.0 Å². The van der Waals surface area contributed by atoms with Gasteiger partial charge < -0.3 is 33.9 Å². The smallest absolute Gasteiger partial charge is 0.308 e. The second kappa shape index (κ2) is 13.6. The highest BCUT2D eigenvalue weighted by atomic mass is 16.7. The minimum atomic E-state index is -0.857. The summed E-state index contributed by atoms with van der Waals surface area (Å²) >= 11 is 0. The third-order valence-electron chi connectivity index (χ3n) is 8.55. The average Bonchev–Trinajstić information content (AvgIpc) is 3.71. The number of hydrogen-bond donors (Lipinski definition) is 1. The Labute approximate surface area is 248 Å². The van der Waals surface area contributed by atoms with Crippen LogP contribution in [-0.2, 0) is 16.0 Å². The molecule has 0 bridgehead atoms. The van der Waals surface area contributed by atoms with E-state index in [1.54, 1.807) is 0 Å². The number of carbonyl (C=O) groups excluding carboxylic acids is 1. The van der Waals surface area contributed by atoms with Crippen molar-refractivity contribution in [1.29, 1.82) is 0 Å². The third kappa shape index (κ3) is 6.76. The lowest BCUT2D eigenvalue weighted by Gasteiger charge is -2.30. The molecule has 3 heterocycles. The molecule has 3 atom stereocenters. The molecule has 3 aliphatic rings. The van der Waals surface area contributed by atoms with Crippen molar-refractivity contribution in [1.82, 2.24) is 14.7 Å². The summed E-state index contributed by atoms with van der Waals surface area (Å²) in [6, 6.07) is 11.2. The number of rotatable bonds is 14. The number of aliphatic carboxylic acids is 1. The number of ether oxygens (including phenoxy) is 4. The number of fused-ring (bicyclic) bond motifs is 2. The number of hydrogen-bond acceptors (Lipinski definition) is 8. The first kappa shape index (κ1) is 30.0. The van der Waals surface area contributed by atoms with Crippen LogP contribution in [0.15, 0.2) is 36.4 Å².